The van der Waals surface area contributed by atoms with Crippen LogP contribution in [-0.4, -0.2) is 21.7 Å². The number of nitrogens with zero attached hydrogens (tertiary/aromatic N) is 1. The van der Waals surface area contributed by atoms with Crippen LogP contribution in [0.4, 0.5) is 5.69 Å². The maximum Gasteiger partial charge on any atom is 0.264 e. The summed E-state index contributed by atoms with van der Waals surface area (Å²) in [6.07, 6.45) is 0.909. The number of aromatic nitrogens is 1. The van der Waals surface area contributed by atoms with Crippen LogP contribution in [0.2, 0.25) is 0 Å². The zero-order chi connectivity index (χ0) is 13.9. The summed E-state index contributed by atoms with van der Waals surface area (Å²) in [5, 5.41) is 12.3. The highest BCUT2D eigenvalue weighted by molar-refractivity contribution is 9.10. The van der Waals surface area contributed by atoms with E-state index in [2.05, 4.69) is 21.2 Å². The van der Waals surface area contributed by atoms with E-state index >= 15 is 0 Å². The van der Waals surface area contributed by atoms with E-state index in [0.29, 0.717) is 10.2 Å². The molecular weight excluding hydrogens is 300 g/mol. The molecule has 0 aliphatic heterocycles. The van der Waals surface area contributed by atoms with Gasteiger partial charge in [0.25, 0.3) is 5.56 Å². The lowest BCUT2D eigenvalue weighted by atomic mass is 10.0. The van der Waals surface area contributed by atoms with Crippen molar-refractivity contribution < 1.29 is 9.90 Å². The second-order valence-corrected chi connectivity index (χ2v) is 5.41. The third-order valence-corrected chi connectivity index (χ3v) is 3.16. The Bertz CT molecular complexity index is 470. The van der Waals surface area contributed by atoms with Crippen molar-refractivity contribution in [3.8, 4) is 0 Å². The Morgan fingerprint density at radius 2 is 2.17 bits per heavy atom. The summed E-state index contributed by atoms with van der Waals surface area (Å²) in [7, 11) is 1.60. The van der Waals surface area contributed by atoms with Crippen LogP contribution in [-0.2, 0) is 11.8 Å². The lowest BCUT2D eigenvalue weighted by Gasteiger charge is -2.14. The van der Waals surface area contributed by atoms with Crippen LogP contribution >= 0.6 is 15.9 Å². The predicted molar refractivity (Wildman–Crippen MR) is 73.5 cm³/mol. The number of amides is 1. The maximum absolute atomic E-state index is 11.7. The third-order valence-electron chi connectivity index (χ3n) is 2.59. The smallest absolute Gasteiger partial charge is 0.264 e. The summed E-state index contributed by atoms with van der Waals surface area (Å²) < 4.78 is 1.76. The number of rotatable bonds is 4. The highest BCUT2D eigenvalue weighted by Gasteiger charge is 2.14. The van der Waals surface area contributed by atoms with E-state index in [-0.39, 0.29) is 23.8 Å². The first-order valence-corrected chi connectivity index (χ1v) is 6.44. The molecule has 1 aromatic heterocycles. The Kier molecular flexibility index (Phi) is 5.10. The molecule has 6 heteroatoms. The number of carbonyl (C=O) groups is 1. The molecule has 0 fully saturated rings. The van der Waals surface area contributed by atoms with Gasteiger partial charge in [-0.1, -0.05) is 13.8 Å². The number of nitrogens with one attached hydrogen (secondary N) is 1. The average molecular weight is 317 g/mol. The van der Waals surface area contributed by atoms with Gasteiger partial charge in [-0.15, -0.1) is 0 Å². The molecule has 1 atom stereocenters. The highest BCUT2D eigenvalue weighted by Crippen LogP contribution is 2.13. The van der Waals surface area contributed by atoms with Crippen molar-refractivity contribution >= 4 is 27.5 Å². The minimum Gasteiger partial charge on any atom is -0.392 e. The van der Waals surface area contributed by atoms with E-state index in [0.717, 1.165) is 0 Å². The van der Waals surface area contributed by atoms with E-state index in [4.69, 9.17) is 0 Å². The van der Waals surface area contributed by atoms with Gasteiger partial charge in [0.1, 0.15) is 0 Å². The molecule has 100 valence electrons. The van der Waals surface area contributed by atoms with Gasteiger partial charge in [-0.3, -0.25) is 9.59 Å². The quantitative estimate of drug-likeness (QED) is 0.884. The summed E-state index contributed by atoms with van der Waals surface area (Å²) in [6, 6.07) is 1.54. The fourth-order valence-electron chi connectivity index (χ4n) is 1.38. The van der Waals surface area contributed by atoms with Gasteiger partial charge in [0.05, 0.1) is 22.7 Å². The number of aliphatic hydroxyl groups is 1. The van der Waals surface area contributed by atoms with E-state index in [1.807, 2.05) is 13.8 Å². The molecule has 0 bridgehead atoms. The van der Waals surface area contributed by atoms with E-state index in [1.54, 1.807) is 13.1 Å². The summed E-state index contributed by atoms with van der Waals surface area (Å²) in [6.45, 7) is 3.70. The second-order valence-electron chi connectivity index (χ2n) is 4.56. The number of halogens is 1. The molecule has 0 saturated carbocycles. The van der Waals surface area contributed by atoms with E-state index in [1.165, 1.54) is 10.8 Å². The molecular formula is C12H17BrN2O3. The molecule has 5 nitrogen and oxygen atoms in total. The first-order valence-electron chi connectivity index (χ1n) is 5.65. The molecule has 2 N–H and O–H groups in total. The first kappa shape index (κ1) is 14.9. The molecule has 1 rings (SSSR count). The standard InChI is InChI=1S/C12H17BrN2O3/c1-7(2)10(16)5-11(17)14-8-4-9(13)12(18)15(3)6-8/h4,6-7,10,16H,5H2,1-3H3,(H,14,17). The highest BCUT2D eigenvalue weighted by atomic mass is 79.9. The van der Waals surface area contributed by atoms with Gasteiger partial charge in [-0.25, -0.2) is 0 Å². The van der Waals surface area contributed by atoms with Gasteiger partial charge in [0, 0.05) is 13.2 Å². The van der Waals surface area contributed by atoms with Crippen molar-refractivity contribution in [2.24, 2.45) is 13.0 Å². The largest absolute Gasteiger partial charge is 0.392 e. The molecule has 0 spiro atoms. The molecule has 1 aromatic rings. The summed E-state index contributed by atoms with van der Waals surface area (Å²) in [5.41, 5.74) is 0.347. The summed E-state index contributed by atoms with van der Waals surface area (Å²) >= 11 is 3.13. The third kappa shape index (κ3) is 3.96. The normalized spacial score (nSPS) is 12.6. The molecule has 0 aliphatic rings. The zero-order valence-corrected chi connectivity index (χ0v) is 12.2. The number of aliphatic hydroxyl groups excluding tert-OH is 1. The van der Waals surface area contributed by atoms with Crippen molar-refractivity contribution in [2.45, 2.75) is 26.4 Å². The monoisotopic (exact) mass is 316 g/mol. The Balaban J connectivity index is 2.74. The number of anilines is 1. The minimum atomic E-state index is -0.666. The van der Waals surface area contributed by atoms with Gasteiger partial charge in [-0.05, 0) is 27.9 Å². The van der Waals surface area contributed by atoms with Crippen molar-refractivity contribution in [3.05, 3.63) is 27.1 Å². The molecule has 18 heavy (non-hydrogen) atoms. The Hall–Kier alpha value is -1.14. The van der Waals surface area contributed by atoms with E-state index in [9.17, 15) is 14.7 Å². The Morgan fingerprint density at radius 1 is 1.56 bits per heavy atom. The lowest BCUT2D eigenvalue weighted by molar-refractivity contribution is -0.118. The fourth-order valence-corrected chi connectivity index (χ4v) is 1.90. The fraction of sp³-hybridized carbons (Fsp3) is 0.500. The van der Waals surface area contributed by atoms with Crippen LogP contribution < -0.4 is 10.9 Å². The number of pyridine rings is 1. The Labute approximate surface area is 114 Å². The van der Waals surface area contributed by atoms with Gasteiger partial charge in [0.15, 0.2) is 0 Å². The maximum atomic E-state index is 11.7. The SMILES string of the molecule is CC(C)C(O)CC(=O)Nc1cc(Br)c(=O)n(C)c1. The lowest BCUT2D eigenvalue weighted by Crippen LogP contribution is -2.25. The van der Waals surface area contributed by atoms with Crippen LogP contribution in [0.25, 0.3) is 0 Å². The molecule has 0 aliphatic carbocycles. The number of aryl methyl sites for hydroxylation is 1. The van der Waals surface area contributed by atoms with Crippen LogP contribution in [0.3, 0.4) is 0 Å². The van der Waals surface area contributed by atoms with Crippen molar-refractivity contribution in [2.75, 3.05) is 5.32 Å². The number of carbonyl (C=O) groups excluding carboxylic acids is 1. The van der Waals surface area contributed by atoms with Crippen molar-refractivity contribution in [1.82, 2.24) is 4.57 Å². The topological polar surface area (TPSA) is 71.3 Å². The number of hydrogen-bond acceptors (Lipinski definition) is 3. The van der Waals surface area contributed by atoms with Gasteiger partial charge in [0.2, 0.25) is 5.91 Å². The average Bonchev–Trinajstić information content (AvgIpc) is 2.25. The molecule has 1 unspecified atom stereocenters. The van der Waals surface area contributed by atoms with Crippen LogP contribution in [0, 0.1) is 5.92 Å². The van der Waals surface area contributed by atoms with Crippen LogP contribution in [0.5, 0.6) is 0 Å². The van der Waals surface area contributed by atoms with Crippen molar-refractivity contribution in [1.29, 1.82) is 0 Å². The number of hydrogen-bond donors (Lipinski definition) is 2. The molecule has 0 radical (unpaired) electrons. The predicted octanol–water partition coefficient (Wildman–Crippen LogP) is 1.49. The van der Waals surface area contributed by atoms with Gasteiger partial charge >= 0.3 is 0 Å². The minimum absolute atomic E-state index is 0.0302. The second kappa shape index (κ2) is 6.15. The molecule has 1 heterocycles. The van der Waals surface area contributed by atoms with Crippen molar-refractivity contribution in [3.63, 3.8) is 0 Å². The molecule has 0 aromatic carbocycles. The molecule has 0 saturated heterocycles. The van der Waals surface area contributed by atoms with E-state index < -0.39 is 6.10 Å². The van der Waals surface area contributed by atoms with Crippen LogP contribution in [0.1, 0.15) is 20.3 Å². The zero-order valence-electron chi connectivity index (χ0n) is 10.6. The summed E-state index contributed by atoms with van der Waals surface area (Å²) in [5.74, 6) is -0.246. The van der Waals surface area contributed by atoms with Crippen LogP contribution in [0.15, 0.2) is 21.5 Å². The summed E-state index contributed by atoms with van der Waals surface area (Å²) in [4.78, 5) is 23.1. The van der Waals surface area contributed by atoms with Gasteiger partial charge < -0.3 is 15.0 Å². The first-order chi connectivity index (χ1) is 8.31. The molecule has 1 amide bonds. The van der Waals surface area contributed by atoms with Gasteiger partial charge in [-0.2, -0.15) is 0 Å². The Morgan fingerprint density at radius 3 is 2.67 bits per heavy atom.